The minimum Gasteiger partial charge on any atom is -0.489 e. The summed E-state index contributed by atoms with van der Waals surface area (Å²) in [6, 6.07) is 7.60. The SMILES string of the molecule is C=CCN(CC=C)C(=O)CNc1ccccc1OC(C)C. The zero-order chi connectivity index (χ0) is 15.7. The van der Waals surface area contributed by atoms with Crippen molar-refractivity contribution < 1.29 is 9.53 Å². The monoisotopic (exact) mass is 288 g/mol. The highest BCUT2D eigenvalue weighted by molar-refractivity contribution is 5.81. The predicted octanol–water partition coefficient (Wildman–Crippen LogP) is 3.09. The number of rotatable bonds is 9. The number of amides is 1. The highest BCUT2D eigenvalue weighted by atomic mass is 16.5. The second kappa shape index (κ2) is 8.84. The molecule has 0 saturated heterocycles. The smallest absolute Gasteiger partial charge is 0.242 e. The number of hydrogen-bond acceptors (Lipinski definition) is 3. The Morgan fingerprint density at radius 2 is 1.90 bits per heavy atom. The van der Waals surface area contributed by atoms with E-state index in [0.717, 1.165) is 11.4 Å². The van der Waals surface area contributed by atoms with E-state index in [1.807, 2.05) is 38.1 Å². The van der Waals surface area contributed by atoms with Crippen molar-refractivity contribution in [2.75, 3.05) is 25.0 Å². The Morgan fingerprint density at radius 1 is 1.29 bits per heavy atom. The number of para-hydroxylation sites is 2. The van der Waals surface area contributed by atoms with Crippen LogP contribution in [-0.4, -0.2) is 36.5 Å². The Hall–Kier alpha value is -2.23. The first-order valence-electron chi connectivity index (χ1n) is 7.07. The van der Waals surface area contributed by atoms with Gasteiger partial charge in [0.25, 0.3) is 0 Å². The van der Waals surface area contributed by atoms with Crippen molar-refractivity contribution in [1.82, 2.24) is 4.90 Å². The second-order valence-electron chi connectivity index (χ2n) is 4.89. The molecule has 0 heterocycles. The van der Waals surface area contributed by atoms with Gasteiger partial charge in [0.2, 0.25) is 5.91 Å². The fraction of sp³-hybridized carbons (Fsp3) is 0.353. The highest BCUT2D eigenvalue weighted by Crippen LogP contribution is 2.24. The van der Waals surface area contributed by atoms with Crippen LogP contribution >= 0.6 is 0 Å². The predicted molar refractivity (Wildman–Crippen MR) is 87.7 cm³/mol. The van der Waals surface area contributed by atoms with E-state index in [1.165, 1.54) is 0 Å². The molecule has 0 radical (unpaired) electrons. The summed E-state index contributed by atoms with van der Waals surface area (Å²) in [6.45, 7) is 12.5. The maximum atomic E-state index is 12.2. The fourth-order valence-electron chi connectivity index (χ4n) is 1.84. The zero-order valence-corrected chi connectivity index (χ0v) is 12.8. The van der Waals surface area contributed by atoms with Crippen molar-refractivity contribution in [2.24, 2.45) is 0 Å². The number of ether oxygens (including phenoxy) is 1. The first-order valence-corrected chi connectivity index (χ1v) is 7.07. The van der Waals surface area contributed by atoms with Crippen LogP contribution in [0.3, 0.4) is 0 Å². The lowest BCUT2D eigenvalue weighted by atomic mass is 10.3. The minimum atomic E-state index is -0.00542. The van der Waals surface area contributed by atoms with Crippen molar-refractivity contribution in [2.45, 2.75) is 20.0 Å². The van der Waals surface area contributed by atoms with Crippen LogP contribution in [0.5, 0.6) is 5.75 Å². The number of hydrogen-bond donors (Lipinski definition) is 1. The van der Waals surface area contributed by atoms with Gasteiger partial charge in [-0.05, 0) is 26.0 Å². The molecule has 0 spiro atoms. The zero-order valence-electron chi connectivity index (χ0n) is 12.8. The number of carbonyl (C=O) groups excluding carboxylic acids is 1. The molecule has 1 amide bonds. The second-order valence-corrected chi connectivity index (χ2v) is 4.89. The third-order valence-corrected chi connectivity index (χ3v) is 2.73. The van der Waals surface area contributed by atoms with E-state index in [-0.39, 0.29) is 18.6 Å². The molecule has 0 aliphatic heterocycles. The normalized spacial score (nSPS) is 10.0. The Labute approximate surface area is 127 Å². The Balaban J connectivity index is 2.67. The summed E-state index contributed by atoms with van der Waals surface area (Å²) in [5, 5.41) is 3.13. The van der Waals surface area contributed by atoms with Crippen LogP contribution in [0.1, 0.15) is 13.8 Å². The van der Waals surface area contributed by atoms with Crippen molar-refractivity contribution >= 4 is 11.6 Å². The van der Waals surface area contributed by atoms with Gasteiger partial charge < -0.3 is 15.0 Å². The van der Waals surface area contributed by atoms with E-state index in [2.05, 4.69) is 18.5 Å². The first-order chi connectivity index (χ1) is 10.1. The van der Waals surface area contributed by atoms with Crippen molar-refractivity contribution in [3.05, 3.63) is 49.6 Å². The summed E-state index contributed by atoms with van der Waals surface area (Å²) in [5.74, 6) is 0.744. The standard InChI is InChI=1S/C17H24N2O2/c1-5-11-19(12-6-2)17(20)13-18-15-9-7-8-10-16(15)21-14(3)4/h5-10,14,18H,1-2,11-13H2,3-4H3. The van der Waals surface area contributed by atoms with Gasteiger partial charge in [0, 0.05) is 13.1 Å². The summed E-state index contributed by atoms with van der Waals surface area (Å²) >= 11 is 0. The molecule has 1 N–H and O–H groups in total. The van der Waals surface area contributed by atoms with Gasteiger partial charge in [-0.3, -0.25) is 4.79 Å². The van der Waals surface area contributed by atoms with Gasteiger partial charge in [0.15, 0.2) is 0 Å². The molecular weight excluding hydrogens is 264 g/mol. The topological polar surface area (TPSA) is 41.6 Å². The Kier molecular flexibility index (Phi) is 7.09. The molecule has 0 aromatic heterocycles. The number of nitrogens with one attached hydrogen (secondary N) is 1. The van der Waals surface area contributed by atoms with Crippen molar-refractivity contribution in [1.29, 1.82) is 0 Å². The van der Waals surface area contributed by atoms with Gasteiger partial charge in [-0.2, -0.15) is 0 Å². The summed E-state index contributed by atoms with van der Waals surface area (Å²) < 4.78 is 5.71. The molecule has 0 saturated carbocycles. The maximum absolute atomic E-state index is 12.2. The number of nitrogens with zero attached hydrogens (tertiary/aromatic N) is 1. The van der Waals surface area contributed by atoms with E-state index in [4.69, 9.17) is 4.74 Å². The van der Waals surface area contributed by atoms with E-state index in [1.54, 1.807) is 17.1 Å². The quantitative estimate of drug-likeness (QED) is 0.710. The molecular formula is C17H24N2O2. The molecule has 114 valence electrons. The summed E-state index contributed by atoms with van der Waals surface area (Å²) in [5.41, 5.74) is 0.816. The average Bonchev–Trinajstić information content (AvgIpc) is 2.45. The highest BCUT2D eigenvalue weighted by Gasteiger charge is 2.11. The van der Waals surface area contributed by atoms with Crippen LogP contribution in [-0.2, 0) is 4.79 Å². The Bertz CT molecular complexity index is 473. The molecule has 0 bridgehead atoms. The van der Waals surface area contributed by atoms with Gasteiger partial charge in [0.1, 0.15) is 5.75 Å². The first kappa shape index (κ1) is 16.8. The number of carbonyl (C=O) groups is 1. The average molecular weight is 288 g/mol. The molecule has 1 aromatic carbocycles. The largest absolute Gasteiger partial charge is 0.489 e. The van der Waals surface area contributed by atoms with Crippen LogP contribution in [0.4, 0.5) is 5.69 Å². The molecule has 4 heteroatoms. The molecule has 1 aromatic rings. The molecule has 4 nitrogen and oxygen atoms in total. The summed E-state index contributed by atoms with van der Waals surface area (Å²) in [4.78, 5) is 13.8. The van der Waals surface area contributed by atoms with E-state index in [0.29, 0.717) is 13.1 Å². The molecule has 0 aliphatic rings. The van der Waals surface area contributed by atoms with Crippen LogP contribution in [0.15, 0.2) is 49.6 Å². The van der Waals surface area contributed by atoms with E-state index < -0.39 is 0 Å². The van der Waals surface area contributed by atoms with Gasteiger partial charge in [-0.25, -0.2) is 0 Å². The lowest BCUT2D eigenvalue weighted by Gasteiger charge is -2.21. The molecule has 0 unspecified atom stereocenters. The molecule has 1 rings (SSSR count). The number of benzene rings is 1. The lowest BCUT2D eigenvalue weighted by molar-refractivity contribution is -0.128. The van der Waals surface area contributed by atoms with Gasteiger partial charge in [-0.1, -0.05) is 24.3 Å². The van der Waals surface area contributed by atoms with Crippen molar-refractivity contribution in [3.63, 3.8) is 0 Å². The molecule has 0 aliphatic carbocycles. The third-order valence-electron chi connectivity index (χ3n) is 2.73. The molecule has 0 atom stereocenters. The summed E-state index contributed by atoms with van der Waals surface area (Å²) in [6.07, 6.45) is 3.50. The van der Waals surface area contributed by atoms with Gasteiger partial charge in [-0.15, -0.1) is 13.2 Å². The summed E-state index contributed by atoms with van der Waals surface area (Å²) in [7, 11) is 0. The van der Waals surface area contributed by atoms with Crippen LogP contribution in [0, 0.1) is 0 Å². The Morgan fingerprint density at radius 3 is 2.48 bits per heavy atom. The van der Waals surface area contributed by atoms with Crippen LogP contribution in [0.2, 0.25) is 0 Å². The third kappa shape index (κ3) is 5.73. The molecule has 21 heavy (non-hydrogen) atoms. The van der Waals surface area contributed by atoms with Crippen LogP contribution in [0.25, 0.3) is 0 Å². The van der Waals surface area contributed by atoms with Gasteiger partial charge in [0.05, 0.1) is 18.3 Å². The lowest BCUT2D eigenvalue weighted by Crippen LogP contribution is -2.35. The van der Waals surface area contributed by atoms with Gasteiger partial charge >= 0.3 is 0 Å². The maximum Gasteiger partial charge on any atom is 0.242 e. The molecule has 0 fully saturated rings. The van der Waals surface area contributed by atoms with E-state index >= 15 is 0 Å². The fourth-order valence-corrected chi connectivity index (χ4v) is 1.84. The van der Waals surface area contributed by atoms with Crippen molar-refractivity contribution in [3.8, 4) is 5.75 Å². The minimum absolute atomic E-state index is 0.00542. The van der Waals surface area contributed by atoms with Crippen LogP contribution < -0.4 is 10.1 Å². The van der Waals surface area contributed by atoms with E-state index in [9.17, 15) is 4.79 Å². The number of anilines is 1.